The molecule has 0 atom stereocenters. The average molecular weight is 339 g/mol. The maximum absolute atomic E-state index is 12.5. The van der Waals surface area contributed by atoms with Gasteiger partial charge in [0, 0.05) is 24.7 Å². The van der Waals surface area contributed by atoms with Gasteiger partial charge >= 0.3 is 6.18 Å². The quantitative estimate of drug-likeness (QED) is 0.909. The number of nitrogens with one attached hydrogen (secondary N) is 1. The molecule has 0 fully saturated rings. The van der Waals surface area contributed by atoms with Gasteiger partial charge in [-0.1, -0.05) is 0 Å². The van der Waals surface area contributed by atoms with Gasteiger partial charge < -0.3 is 10.1 Å². The summed E-state index contributed by atoms with van der Waals surface area (Å²) in [5.41, 5.74) is -1.20. The van der Waals surface area contributed by atoms with E-state index < -0.39 is 17.3 Å². The van der Waals surface area contributed by atoms with E-state index in [9.17, 15) is 18.0 Å². The Balaban J connectivity index is 1.93. The minimum atomic E-state index is -4.44. The van der Waals surface area contributed by atoms with Crippen molar-refractivity contribution < 1.29 is 22.7 Å². The standard InChI is InChI=1S/C16H16F3N3O2/c1-15(2,22-14(23)11-4-3-7-20-8-11)10-24-13-6-5-12(9-21-13)16(17,18)19/h3-9H,10H2,1-2H3,(H,22,23). The number of hydrogen-bond donors (Lipinski definition) is 1. The molecule has 0 aliphatic heterocycles. The number of alkyl halides is 3. The lowest BCUT2D eigenvalue weighted by molar-refractivity contribution is -0.137. The summed E-state index contributed by atoms with van der Waals surface area (Å²) in [4.78, 5) is 19.6. The van der Waals surface area contributed by atoms with Crippen molar-refractivity contribution in [2.75, 3.05) is 6.61 Å². The molecule has 0 saturated carbocycles. The number of nitrogens with zero attached hydrogens (tertiary/aromatic N) is 2. The fraction of sp³-hybridized carbons (Fsp3) is 0.312. The van der Waals surface area contributed by atoms with E-state index in [0.29, 0.717) is 11.8 Å². The molecule has 2 aromatic rings. The van der Waals surface area contributed by atoms with Crippen molar-refractivity contribution >= 4 is 5.91 Å². The van der Waals surface area contributed by atoms with E-state index in [2.05, 4.69) is 15.3 Å². The van der Waals surface area contributed by atoms with Gasteiger partial charge in [0.1, 0.15) is 6.61 Å². The number of aromatic nitrogens is 2. The predicted octanol–water partition coefficient (Wildman–Crippen LogP) is 3.08. The maximum atomic E-state index is 12.5. The van der Waals surface area contributed by atoms with Crippen molar-refractivity contribution in [2.45, 2.75) is 25.6 Å². The van der Waals surface area contributed by atoms with Crippen LogP contribution in [0.3, 0.4) is 0 Å². The Morgan fingerprint density at radius 1 is 1.21 bits per heavy atom. The van der Waals surface area contributed by atoms with Gasteiger partial charge in [-0.15, -0.1) is 0 Å². The fourth-order valence-electron chi connectivity index (χ4n) is 1.80. The molecule has 0 bridgehead atoms. The number of pyridine rings is 2. The van der Waals surface area contributed by atoms with Crippen LogP contribution in [0.15, 0.2) is 42.9 Å². The second-order valence-electron chi connectivity index (χ2n) is 5.75. The van der Waals surface area contributed by atoms with Gasteiger partial charge in [0.25, 0.3) is 5.91 Å². The minimum Gasteiger partial charge on any atom is -0.475 e. The summed E-state index contributed by atoms with van der Waals surface area (Å²) in [5.74, 6) is -0.274. The lowest BCUT2D eigenvalue weighted by atomic mass is 10.1. The van der Waals surface area contributed by atoms with Crippen molar-refractivity contribution in [3.05, 3.63) is 54.0 Å². The summed E-state index contributed by atoms with van der Waals surface area (Å²) in [6, 6.07) is 5.30. The number of rotatable bonds is 5. The van der Waals surface area contributed by atoms with Crippen LogP contribution in [0.25, 0.3) is 0 Å². The second kappa shape index (κ2) is 6.86. The van der Waals surface area contributed by atoms with Crippen LogP contribution in [-0.2, 0) is 6.18 Å². The van der Waals surface area contributed by atoms with Crippen LogP contribution in [0.4, 0.5) is 13.2 Å². The van der Waals surface area contributed by atoms with Gasteiger partial charge in [0.15, 0.2) is 0 Å². The van der Waals surface area contributed by atoms with Crippen LogP contribution in [-0.4, -0.2) is 28.0 Å². The van der Waals surface area contributed by atoms with E-state index in [4.69, 9.17) is 4.74 Å². The van der Waals surface area contributed by atoms with Crippen molar-refractivity contribution in [2.24, 2.45) is 0 Å². The number of amides is 1. The van der Waals surface area contributed by atoms with Crippen LogP contribution in [0, 0.1) is 0 Å². The van der Waals surface area contributed by atoms with Gasteiger partial charge in [-0.2, -0.15) is 13.2 Å². The Kier molecular flexibility index (Phi) is 5.06. The van der Waals surface area contributed by atoms with E-state index in [1.165, 1.54) is 6.20 Å². The van der Waals surface area contributed by atoms with Crippen LogP contribution in [0.1, 0.15) is 29.8 Å². The molecule has 0 aliphatic carbocycles. The molecule has 2 rings (SSSR count). The van der Waals surface area contributed by atoms with Gasteiger partial charge in [0.05, 0.1) is 16.7 Å². The molecule has 0 aromatic carbocycles. The fourth-order valence-corrected chi connectivity index (χ4v) is 1.80. The lowest BCUT2D eigenvalue weighted by Gasteiger charge is -2.26. The van der Waals surface area contributed by atoms with E-state index in [-0.39, 0.29) is 18.4 Å². The molecule has 1 amide bonds. The van der Waals surface area contributed by atoms with Gasteiger partial charge in [-0.05, 0) is 32.0 Å². The molecule has 0 radical (unpaired) electrons. The van der Waals surface area contributed by atoms with Crippen molar-refractivity contribution in [1.82, 2.24) is 15.3 Å². The molecule has 0 saturated heterocycles. The Labute approximate surface area is 136 Å². The molecule has 128 valence electrons. The number of halogens is 3. The molecule has 8 heteroatoms. The van der Waals surface area contributed by atoms with Crippen LogP contribution < -0.4 is 10.1 Å². The highest BCUT2D eigenvalue weighted by atomic mass is 19.4. The first-order chi connectivity index (χ1) is 11.2. The molecule has 5 nitrogen and oxygen atoms in total. The first-order valence-corrected chi connectivity index (χ1v) is 7.06. The third-order valence-corrected chi connectivity index (χ3v) is 3.02. The molecule has 24 heavy (non-hydrogen) atoms. The molecule has 1 N–H and O–H groups in total. The van der Waals surface area contributed by atoms with Crippen LogP contribution in [0.2, 0.25) is 0 Å². The molecular formula is C16H16F3N3O2. The van der Waals surface area contributed by atoms with Gasteiger partial charge in [0.2, 0.25) is 5.88 Å². The summed E-state index contributed by atoms with van der Waals surface area (Å²) in [6.45, 7) is 3.49. The highest BCUT2D eigenvalue weighted by Crippen LogP contribution is 2.29. The summed E-state index contributed by atoms with van der Waals surface area (Å²) in [5, 5.41) is 2.77. The van der Waals surface area contributed by atoms with Crippen LogP contribution >= 0.6 is 0 Å². The number of hydrogen-bond acceptors (Lipinski definition) is 4. The Morgan fingerprint density at radius 2 is 1.96 bits per heavy atom. The van der Waals surface area contributed by atoms with Crippen LogP contribution in [0.5, 0.6) is 5.88 Å². The SMILES string of the molecule is CC(C)(COc1ccc(C(F)(F)F)cn1)NC(=O)c1cccnc1. The number of carbonyl (C=O) groups excluding carboxylic acids is 1. The van der Waals surface area contributed by atoms with Gasteiger partial charge in [-0.25, -0.2) is 4.98 Å². The molecule has 0 spiro atoms. The highest BCUT2D eigenvalue weighted by Gasteiger charge is 2.31. The molecule has 2 heterocycles. The maximum Gasteiger partial charge on any atom is 0.417 e. The smallest absolute Gasteiger partial charge is 0.417 e. The Hall–Kier alpha value is -2.64. The Bertz CT molecular complexity index is 686. The molecule has 0 unspecified atom stereocenters. The normalized spacial score (nSPS) is 11.9. The first kappa shape index (κ1) is 17.7. The van der Waals surface area contributed by atoms with E-state index >= 15 is 0 Å². The average Bonchev–Trinajstić information content (AvgIpc) is 2.53. The lowest BCUT2D eigenvalue weighted by Crippen LogP contribution is -2.47. The highest BCUT2D eigenvalue weighted by molar-refractivity contribution is 5.94. The monoisotopic (exact) mass is 339 g/mol. The largest absolute Gasteiger partial charge is 0.475 e. The van der Waals surface area contributed by atoms with E-state index in [0.717, 1.165) is 12.1 Å². The predicted molar refractivity (Wildman–Crippen MR) is 80.5 cm³/mol. The van der Waals surface area contributed by atoms with Crippen molar-refractivity contribution in [1.29, 1.82) is 0 Å². The topological polar surface area (TPSA) is 64.1 Å². The third kappa shape index (κ3) is 4.94. The molecular weight excluding hydrogens is 323 g/mol. The zero-order chi connectivity index (χ0) is 17.8. The van der Waals surface area contributed by atoms with Crippen molar-refractivity contribution in [3.8, 4) is 5.88 Å². The minimum absolute atomic E-state index is 0.0391. The third-order valence-electron chi connectivity index (χ3n) is 3.02. The summed E-state index contributed by atoms with van der Waals surface area (Å²) in [7, 11) is 0. The Morgan fingerprint density at radius 3 is 2.50 bits per heavy atom. The summed E-state index contributed by atoms with van der Waals surface area (Å²) in [6.07, 6.45) is -0.746. The van der Waals surface area contributed by atoms with E-state index in [1.807, 2.05) is 0 Å². The number of carbonyl (C=O) groups is 1. The first-order valence-electron chi connectivity index (χ1n) is 7.06. The summed E-state index contributed by atoms with van der Waals surface area (Å²) < 4.78 is 42.8. The second-order valence-corrected chi connectivity index (χ2v) is 5.75. The zero-order valence-electron chi connectivity index (χ0n) is 13.1. The van der Waals surface area contributed by atoms with Gasteiger partial charge in [-0.3, -0.25) is 9.78 Å². The molecule has 0 aliphatic rings. The molecule has 2 aromatic heterocycles. The summed E-state index contributed by atoms with van der Waals surface area (Å²) >= 11 is 0. The zero-order valence-corrected chi connectivity index (χ0v) is 13.1. The van der Waals surface area contributed by atoms with E-state index in [1.54, 1.807) is 32.2 Å². The van der Waals surface area contributed by atoms with Crippen molar-refractivity contribution in [3.63, 3.8) is 0 Å². The number of ether oxygens (including phenoxy) is 1.